The van der Waals surface area contributed by atoms with Gasteiger partial charge in [-0.3, -0.25) is 14.9 Å². The molecule has 0 aliphatic heterocycles. The van der Waals surface area contributed by atoms with Crippen molar-refractivity contribution in [1.82, 2.24) is 5.43 Å². The molecule has 0 radical (unpaired) electrons. The highest BCUT2D eigenvalue weighted by atomic mass is 79.9. The molecule has 0 bridgehead atoms. The van der Waals surface area contributed by atoms with Gasteiger partial charge in [0.15, 0.2) is 6.61 Å². The van der Waals surface area contributed by atoms with Gasteiger partial charge >= 0.3 is 0 Å². The number of halogens is 1. The third-order valence-electron chi connectivity index (χ3n) is 2.93. The van der Waals surface area contributed by atoms with Gasteiger partial charge in [0, 0.05) is 11.6 Å². The predicted octanol–water partition coefficient (Wildman–Crippen LogP) is 3.19. The number of aryl methyl sites for hydroxylation is 1. The number of hydrogen-bond donors (Lipinski definition) is 1. The Balaban J connectivity index is 1.88. The molecule has 0 aromatic heterocycles. The van der Waals surface area contributed by atoms with E-state index < -0.39 is 10.8 Å². The van der Waals surface area contributed by atoms with E-state index in [0.29, 0.717) is 15.8 Å². The number of carbonyl (C=O) groups is 1. The van der Waals surface area contributed by atoms with Crippen molar-refractivity contribution in [3.05, 3.63) is 68.2 Å². The number of nitrogens with one attached hydrogen (secondary N) is 1. The fourth-order valence-electron chi connectivity index (χ4n) is 1.81. The van der Waals surface area contributed by atoms with Crippen LogP contribution in [-0.2, 0) is 4.79 Å². The molecule has 1 amide bonds. The van der Waals surface area contributed by atoms with E-state index in [1.54, 1.807) is 18.2 Å². The van der Waals surface area contributed by atoms with Crippen LogP contribution in [0, 0.1) is 17.0 Å². The van der Waals surface area contributed by atoms with Crippen LogP contribution < -0.4 is 10.2 Å². The topological polar surface area (TPSA) is 93.8 Å². The molecule has 0 aliphatic rings. The highest BCUT2D eigenvalue weighted by Gasteiger charge is 2.11. The maximum atomic E-state index is 11.7. The number of rotatable bonds is 6. The Morgan fingerprint density at radius 3 is 2.88 bits per heavy atom. The molecule has 1 N–H and O–H groups in total. The molecule has 0 atom stereocenters. The Kier molecular flexibility index (Phi) is 6.02. The second-order valence-corrected chi connectivity index (χ2v) is 5.72. The Morgan fingerprint density at radius 1 is 1.38 bits per heavy atom. The molecule has 8 heteroatoms. The second-order valence-electron chi connectivity index (χ2n) is 4.87. The number of ether oxygens (including phenoxy) is 1. The molecule has 7 nitrogen and oxygen atoms in total. The maximum absolute atomic E-state index is 11.7. The van der Waals surface area contributed by atoms with Gasteiger partial charge in [-0.25, -0.2) is 5.43 Å². The van der Waals surface area contributed by atoms with E-state index in [0.717, 1.165) is 5.56 Å². The minimum atomic E-state index is -0.504. The minimum absolute atomic E-state index is 0.0759. The van der Waals surface area contributed by atoms with E-state index in [1.165, 1.54) is 12.3 Å². The fourth-order valence-corrected chi connectivity index (χ4v) is 2.21. The Morgan fingerprint density at radius 2 is 2.17 bits per heavy atom. The molecule has 2 aromatic carbocycles. The molecular formula is C16H14BrN3O4. The van der Waals surface area contributed by atoms with Gasteiger partial charge in [0.25, 0.3) is 11.6 Å². The quantitative estimate of drug-likeness (QED) is 0.464. The third-order valence-corrected chi connectivity index (χ3v) is 3.60. The number of carbonyl (C=O) groups excluding carboxylic acids is 1. The van der Waals surface area contributed by atoms with E-state index in [9.17, 15) is 14.9 Å². The van der Waals surface area contributed by atoms with Crippen LogP contribution in [0.3, 0.4) is 0 Å². The Bertz CT molecular complexity index is 793. The average molecular weight is 392 g/mol. The average Bonchev–Trinajstić information content (AvgIpc) is 2.54. The first-order valence-corrected chi connectivity index (χ1v) is 7.70. The molecule has 0 fully saturated rings. The normalized spacial score (nSPS) is 10.6. The van der Waals surface area contributed by atoms with Crippen molar-refractivity contribution in [2.75, 3.05) is 6.61 Å². The van der Waals surface area contributed by atoms with Crippen molar-refractivity contribution in [2.45, 2.75) is 6.92 Å². The molecular weight excluding hydrogens is 378 g/mol. The lowest BCUT2D eigenvalue weighted by Gasteiger charge is -2.05. The van der Waals surface area contributed by atoms with Crippen LogP contribution in [0.15, 0.2) is 52.0 Å². The molecule has 0 unspecified atom stereocenters. The monoisotopic (exact) mass is 391 g/mol. The van der Waals surface area contributed by atoms with Crippen molar-refractivity contribution in [3.8, 4) is 5.75 Å². The van der Waals surface area contributed by atoms with Gasteiger partial charge in [0.05, 0.1) is 15.6 Å². The fraction of sp³-hybridized carbons (Fsp3) is 0.125. The first-order chi connectivity index (χ1) is 11.5. The van der Waals surface area contributed by atoms with Crippen LogP contribution >= 0.6 is 15.9 Å². The lowest BCUT2D eigenvalue weighted by Crippen LogP contribution is -2.24. The zero-order valence-corrected chi connectivity index (χ0v) is 14.3. The molecule has 0 saturated carbocycles. The minimum Gasteiger partial charge on any atom is -0.484 e. The first-order valence-electron chi connectivity index (χ1n) is 6.91. The SMILES string of the molecule is Cc1cccc(OCC(=O)N/N=C\c2ccc(Br)c([N+](=O)[O-])c2)c1. The molecule has 2 aromatic rings. The second kappa shape index (κ2) is 8.21. The summed E-state index contributed by atoms with van der Waals surface area (Å²) in [4.78, 5) is 22.0. The van der Waals surface area contributed by atoms with E-state index >= 15 is 0 Å². The summed E-state index contributed by atoms with van der Waals surface area (Å²) in [5.74, 6) is 0.164. The molecule has 0 aliphatic carbocycles. The van der Waals surface area contributed by atoms with Crippen molar-refractivity contribution in [1.29, 1.82) is 0 Å². The summed E-state index contributed by atoms with van der Waals surface area (Å²) in [7, 11) is 0. The number of nitrogens with zero attached hydrogens (tertiary/aromatic N) is 2. The van der Waals surface area contributed by atoms with Crippen LogP contribution in [-0.4, -0.2) is 23.7 Å². The zero-order valence-electron chi connectivity index (χ0n) is 12.7. The summed E-state index contributed by atoms with van der Waals surface area (Å²) in [6, 6.07) is 11.9. The van der Waals surface area contributed by atoms with Gasteiger partial charge in [0.2, 0.25) is 0 Å². The summed E-state index contributed by atoms with van der Waals surface area (Å²) < 4.78 is 5.71. The number of amides is 1. The number of hydrogen-bond acceptors (Lipinski definition) is 5. The first kappa shape index (κ1) is 17.6. The number of nitro benzene ring substituents is 1. The van der Waals surface area contributed by atoms with Gasteiger partial charge in [-0.2, -0.15) is 5.10 Å². The molecule has 0 heterocycles. The van der Waals surface area contributed by atoms with E-state index in [1.807, 2.05) is 25.1 Å². The zero-order chi connectivity index (χ0) is 17.5. The third kappa shape index (κ3) is 5.17. The van der Waals surface area contributed by atoms with Crippen molar-refractivity contribution < 1.29 is 14.5 Å². The van der Waals surface area contributed by atoms with Gasteiger partial charge in [-0.05, 0) is 46.6 Å². The van der Waals surface area contributed by atoms with Gasteiger partial charge in [-0.15, -0.1) is 0 Å². The molecule has 0 saturated heterocycles. The van der Waals surface area contributed by atoms with E-state index in [4.69, 9.17) is 4.74 Å². The lowest BCUT2D eigenvalue weighted by atomic mass is 10.2. The van der Waals surface area contributed by atoms with Crippen LogP contribution in [0.4, 0.5) is 5.69 Å². The van der Waals surface area contributed by atoms with Gasteiger partial charge in [-0.1, -0.05) is 18.2 Å². The Hall–Kier alpha value is -2.74. The number of nitro groups is 1. The van der Waals surface area contributed by atoms with Crippen LogP contribution in [0.5, 0.6) is 5.75 Å². The van der Waals surface area contributed by atoms with Crippen molar-refractivity contribution in [3.63, 3.8) is 0 Å². The highest BCUT2D eigenvalue weighted by Crippen LogP contribution is 2.24. The van der Waals surface area contributed by atoms with E-state index in [-0.39, 0.29) is 12.3 Å². The number of benzene rings is 2. The highest BCUT2D eigenvalue weighted by molar-refractivity contribution is 9.10. The van der Waals surface area contributed by atoms with Gasteiger partial charge in [0.1, 0.15) is 5.75 Å². The maximum Gasteiger partial charge on any atom is 0.284 e. The van der Waals surface area contributed by atoms with Crippen molar-refractivity contribution in [2.24, 2.45) is 5.10 Å². The standard InChI is InChI=1S/C16H14BrN3O4/c1-11-3-2-4-13(7-11)24-10-16(21)19-18-9-12-5-6-14(17)15(8-12)20(22)23/h2-9H,10H2,1H3,(H,19,21)/b18-9-. The lowest BCUT2D eigenvalue weighted by molar-refractivity contribution is -0.385. The number of hydrazone groups is 1. The van der Waals surface area contributed by atoms with Crippen molar-refractivity contribution >= 4 is 33.7 Å². The van der Waals surface area contributed by atoms with Crippen LogP contribution in [0.1, 0.15) is 11.1 Å². The summed E-state index contributed by atoms with van der Waals surface area (Å²) in [5.41, 5.74) is 3.75. The molecule has 2 rings (SSSR count). The van der Waals surface area contributed by atoms with E-state index in [2.05, 4.69) is 26.5 Å². The van der Waals surface area contributed by atoms with Crippen LogP contribution in [0.25, 0.3) is 0 Å². The predicted molar refractivity (Wildman–Crippen MR) is 93.2 cm³/mol. The molecule has 24 heavy (non-hydrogen) atoms. The summed E-state index contributed by atoms with van der Waals surface area (Å²) >= 11 is 3.10. The van der Waals surface area contributed by atoms with Gasteiger partial charge < -0.3 is 4.74 Å². The Labute approximate surface area is 146 Å². The van der Waals surface area contributed by atoms with Crippen LogP contribution in [0.2, 0.25) is 0 Å². The molecule has 0 spiro atoms. The molecule has 124 valence electrons. The smallest absolute Gasteiger partial charge is 0.284 e. The largest absolute Gasteiger partial charge is 0.484 e. The summed E-state index contributed by atoms with van der Waals surface area (Å²) in [6.07, 6.45) is 1.32. The summed E-state index contributed by atoms with van der Waals surface area (Å²) in [5, 5.41) is 14.6. The summed E-state index contributed by atoms with van der Waals surface area (Å²) in [6.45, 7) is 1.75.